The topological polar surface area (TPSA) is 64.3 Å². The van der Waals surface area contributed by atoms with Crippen LogP contribution in [0.25, 0.3) is 0 Å². The first kappa shape index (κ1) is 14.3. The quantitative estimate of drug-likeness (QED) is 0.844. The summed E-state index contributed by atoms with van der Waals surface area (Å²) >= 11 is 1.84. The molecule has 0 unspecified atom stereocenters. The smallest absolute Gasteiger partial charge is 0.233 e. The number of ether oxygens (including phenoxy) is 1. The molecule has 1 aliphatic heterocycles. The summed E-state index contributed by atoms with van der Waals surface area (Å²) in [6.07, 6.45) is 5.73. The maximum atomic E-state index is 5.65. The molecule has 0 radical (unpaired) electrons. The molecule has 0 spiro atoms. The summed E-state index contributed by atoms with van der Waals surface area (Å²) in [6.45, 7) is 3.59. The Kier molecular flexibility index (Phi) is 3.71. The Morgan fingerprint density at radius 3 is 2.95 bits per heavy atom. The lowest BCUT2D eigenvalue weighted by atomic mass is 10.2. The molecule has 1 saturated carbocycles. The highest BCUT2D eigenvalue weighted by Gasteiger charge is 2.37. The molecule has 2 atom stereocenters. The fourth-order valence-electron chi connectivity index (χ4n) is 3.03. The first-order valence-corrected chi connectivity index (χ1v) is 8.56. The maximum absolute atomic E-state index is 5.65. The van der Waals surface area contributed by atoms with Crippen LogP contribution in [-0.4, -0.2) is 39.8 Å². The molecule has 2 fully saturated rings. The van der Waals surface area contributed by atoms with Crippen LogP contribution in [-0.2, 0) is 11.3 Å². The van der Waals surface area contributed by atoms with Crippen molar-refractivity contribution in [3.63, 3.8) is 0 Å². The zero-order valence-corrected chi connectivity index (χ0v) is 13.7. The van der Waals surface area contributed by atoms with Crippen LogP contribution in [0, 0.1) is 6.92 Å². The Hall–Kier alpha value is -1.31. The molecule has 4 rings (SSSR count). The van der Waals surface area contributed by atoms with E-state index in [2.05, 4.69) is 20.1 Å². The predicted octanol–water partition coefficient (Wildman–Crippen LogP) is 2.67. The first-order valence-electron chi connectivity index (χ1n) is 7.74. The van der Waals surface area contributed by atoms with Crippen LogP contribution < -0.4 is 0 Å². The van der Waals surface area contributed by atoms with Gasteiger partial charge in [-0.3, -0.25) is 4.90 Å². The van der Waals surface area contributed by atoms with E-state index in [-0.39, 0.29) is 12.1 Å². The van der Waals surface area contributed by atoms with Crippen molar-refractivity contribution < 1.29 is 9.15 Å². The fraction of sp³-hybridized carbons (Fsp3) is 0.667. The van der Waals surface area contributed by atoms with Gasteiger partial charge in [-0.1, -0.05) is 0 Å². The molecule has 7 heteroatoms. The monoisotopic (exact) mass is 320 g/mol. The molecule has 3 heterocycles. The number of hydrogen-bond donors (Lipinski definition) is 0. The van der Waals surface area contributed by atoms with E-state index < -0.39 is 0 Å². The number of aryl methyl sites for hydroxylation is 1. The molecule has 0 amide bonds. The Labute approximate surface area is 133 Å². The lowest BCUT2D eigenvalue weighted by Crippen LogP contribution is -2.24. The normalized spacial score (nSPS) is 25.9. The second-order valence-corrected chi connectivity index (χ2v) is 7.28. The molecule has 2 aliphatic rings. The number of hydrogen-bond acceptors (Lipinski definition) is 7. The highest BCUT2D eigenvalue weighted by Crippen LogP contribution is 2.42. The van der Waals surface area contributed by atoms with Crippen LogP contribution in [0.4, 0.5) is 0 Å². The van der Waals surface area contributed by atoms with Crippen LogP contribution in [0.3, 0.4) is 0 Å². The molecule has 0 aromatic carbocycles. The van der Waals surface area contributed by atoms with E-state index >= 15 is 0 Å². The molecule has 2 aromatic heterocycles. The molecular weight excluding hydrogens is 300 g/mol. The van der Waals surface area contributed by atoms with Crippen molar-refractivity contribution >= 4 is 11.3 Å². The van der Waals surface area contributed by atoms with E-state index in [0.717, 1.165) is 25.4 Å². The minimum Gasteiger partial charge on any atom is -0.424 e. The Bertz CT molecular complexity index is 652. The van der Waals surface area contributed by atoms with Gasteiger partial charge in [0.15, 0.2) is 0 Å². The standard InChI is InChI=1S/C15H20N4O2S/c1-9-17-18-14(21-9)13-5-11(20-2)7-19(13)8-12-6-16-15(22-12)10-3-4-10/h6,10-11,13H,3-5,7-8H2,1-2H3/t11-,13+/m0/s1. The van der Waals surface area contributed by atoms with Gasteiger partial charge in [0.05, 0.1) is 17.2 Å². The van der Waals surface area contributed by atoms with Gasteiger partial charge in [-0.05, 0) is 19.3 Å². The Balaban J connectivity index is 1.51. The summed E-state index contributed by atoms with van der Waals surface area (Å²) in [5.41, 5.74) is 0. The molecule has 0 N–H and O–H groups in total. The molecule has 118 valence electrons. The highest BCUT2D eigenvalue weighted by molar-refractivity contribution is 7.11. The third-order valence-corrected chi connectivity index (χ3v) is 5.53. The molecular formula is C15H20N4O2S. The molecule has 0 bridgehead atoms. The van der Waals surface area contributed by atoms with Gasteiger partial charge in [0.1, 0.15) is 0 Å². The van der Waals surface area contributed by atoms with Gasteiger partial charge in [0.2, 0.25) is 11.8 Å². The Morgan fingerprint density at radius 2 is 2.27 bits per heavy atom. The number of thiazole rings is 1. The number of nitrogens with zero attached hydrogens (tertiary/aromatic N) is 4. The third kappa shape index (κ3) is 2.80. The number of aromatic nitrogens is 3. The molecule has 2 aromatic rings. The van der Waals surface area contributed by atoms with Crippen molar-refractivity contribution in [3.8, 4) is 0 Å². The Morgan fingerprint density at radius 1 is 1.41 bits per heavy atom. The minimum absolute atomic E-state index is 0.137. The average molecular weight is 320 g/mol. The average Bonchev–Trinajstić information content (AvgIpc) is 2.94. The van der Waals surface area contributed by atoms with Crippen LogP contribution in [0.2, 0.25) is 0 Å². The summed E-state index contributed by atoms with van der Waals surface area (Å²) in [4.78, 5) is 8.24. The van der Waals surface area contributed by atoms with E-state index in [0.29, 0.717) is 11.8 Å². The summed E-state index contributed by atoms with van der Waals surface area (Å²) in [7, 11) is 1.77. The summed E-state index contributed by atoms with van der Waals surface area (Å²) in [6, 6.07) is 0.137. The predicted molar refractivity (Wildman–Crippen MR) is 81.7 cm³/mol. The van der Waals surface area contributed by atoms with Crippen molar-refractivity contribution in [2.45, 2.75) is 50.8 Å². The summed E-state index contributed by atoms with van der Waals surface area (Å²) in [5.74, 6) is 2.03. The molecule has 6 nitrogen and oxygen atoms in total. The number of rotatable bonds is 5. The number of methoxy groups -OCH3 is 1. The second-order valence-electron chi connectivity index (χ2n) is 6.14. The zero-order valence-electron chi connectivity index (χ0n) is 12.9. The lowest BCUT2D eigenvalue weighted by Gasteiger charge is -2.20. The second kappa shape index (κ2) is 5.72. The fourth-order valence-corrected chi connectivity index (χ4v) is 4.14. The summed E-state index contributed by atoms with van der Waals surface area (Å²) < 4.78 is 11.2. The van der Waals surface area contributed by atoms with E-state index in [1.54, 1.807) is 7.11 Å². The maximum Gasteiger partial charge on any atom is 0.233 e. The van der Waals surface area contributed by atoms with Crippen LogP contribution in [0.15, 0.2) is 10.6 Å². The van der Waals surface area contributed by atoms with Crippen molar-refractivity contribution in [1.82, 2.24) is 20.1 Å². The lowest BCUT2D eigenvalue weighted by molar-refractivity contribution is 0.107. The molecule has 1 aliphatic carbocycles. The third-order valence-electron chi connectivity index (χ3n) is 4.38. The van der Waals surface area contributed by atoms with E-state index in [4.69, 9.17) is 9.15 Å². The molecule has 22 heavy (non-hydrogen) atoms. The van der Waals surface area contributed by atoms with E-state index in [1.807, 2.05) is 24.5 Å². The van der Waals surface area contributed by atoms with E-state index in [1.165, 1.54) is 22.7 Å². The summed E-state index contributed by atoms with van der Waals surface area (Å²) in [5, 5.41) is 9.47. The van der Waals surface area contributed by atoms with Gasteiger partial charge in [0, 0.05) is 44.1 Å². The largest absolute Gasteiger partial charge is 0.424 e. The van der Waals surface area contributed by atoms with Gasteiger partial charge in [-0.15, -0.1) is 21.5 Å². The van der Waals surface area contributed by atoms with Gasteiger partial charge in [0.25, 0.3) is 0 Å². The highest BCUT2D eigenvalue weighted by atomic mass is 32.1. The van der Waals surface area contributed by atoms with E-state index in [9.17, 15) is 0 Å². The number of likely N-dealkylation sites (tertiary alicyclic amines) is 1. The van der Waals surface area contributed by atoms with Crippen molar-refractivity contribution in [2.24, 2.45) is 0 Å². The van der Waals surface area contributed by atoms with Gasteiger partial charge in [-0.2, -0.15) is 0 Å². The minimum atomic E-state index is 0.137. The van der Waals surface area contributed by atoms with Gasteiger partial charge >= 0.3 is 0 Å². The SMILES string of the molecule is CO[C@H]1C[C@H](c2nnc(C)o2)N(Cc2cnc(C3CC3)s2)C1. The van der Waals surface area contributed by atoms with Crippen molar-refractivity contribution in [3.05, 3.63) is 27.9 Å². The van der Waals surface area contributed by atoms with Gasteiger partial charge in [-0.25, -0.2) is 4.98 Å². The first-order chi connectivity index (χ1) is 10.7. The van der Waals surface area contributed by atoms with Crippen LogP contribution >= 0.6 is 11.3 Å². The van der Waals surface area contributed by atoms with Crippen LogP contribution in [0.5, 0.6) is 0 Å². The molecule has 1 saturated heterocycles. The zero-order chi connectivity index (χ0) is 15.1. The van der Waals surface area contributed by atoms with Gasteiger partial charge < -0.3 is 9.15 Å². The van der Waals surface area contributed by atoms with Crippen LogP contribution in [0.1, 0.15) is 52.9 Å². The van der Waals surface area contributed by atoms with Crippen molar-refractivity contribution in [1.29, 1.82) is 0 Å². The van der Waals surface area contributed by atoms with Crippen molar-refractivity contribution in [2.75, 3.05) is 13.7 Å².